The van der Waals surface area contributed by atoms with Crippen molar-refractivity contribution in [2.24, 2.45) is 5.10 Å². The van der Waals surface area contributed by atoms with Crippen molar-refractivity contribution in [2.45, 2.75) is 26.2 Å². The van der Waals surface area contributed by atoms with Crippen LogP contribution in [0.2, 0.25) is 0 Å². The zero-order chi connectivity index (χ0) is 15.2. The molecule has 0 bridgehead atoms. The zero-order valence-electron chi connectivity index (χ0n) is 12.2. The first-order valence-corrected chi connectivity index (χ1v) is 6.93. The van der Waals surface area contributed by atoms with E-state index in [4.69, 9.17) is 4.74 Å². The largest absolute Gasteiger partial charge is 0.497 e. The average Bonchev–Trinajstić information content (AvgIpc) is 2.77. The van der Waals surface area contributed by atoms with Crippen molar-refractivity contribution in [3.63, 3.8) is 0 Å². The third kappa shape index (κ3) is 3.04. The number of carbonyl (C=O) groups excluding carboxylic acids is 2. The van der Waals surface area contributed by atoms with Crippen LogP contribution in [0.4, 0.5) is 5.69 Å². The zero-order valence-corrected chi connectivity index (χ0v) is 12.2. The molecule has 2 rings (SSSR count). The van der Waals surface area contributed by atoms with Crippen molar-refractivity contribution in [3.05, 3.63) is 23.8 Å². The van der Waals surface area contributed by atoms with E-state index in [1.54, 1.807) is 24.1 Å². The lowest BCUT2D eigenvalue weighted by atomic mass is 10.1. The molecule has 0 unspecified atom stereocenters. The van der Waals surface area contributed by atoms with Gasteiger partial charge in [0.1, 0.15) is 5.75 Å². The lowest BCUT2D eigenvalue weighted by molar-refractivity contribution is -0.112. The molecule has 6 heteroatoms. The maximum absolute atomic E-state index is 12.4. The second kappa shape index (κ2) is 6.88. The van der Waals surface area contributed by atoms with Gasteiger partial charge in [-0.25, -0.2) is 5.43 Å². The first kappa shape index (κ1) is 15.0. The molecule has 21 heavy (non-hydrogen) atoms. The molecule has 0 fully saturated rings. The number of nitrogens with zero attached hydrogens (tertiary/aromatic N) is 2. The van der Waals surface area contributed by atoms with Crippen molar-refractivity contribution in [3.8, 4) is 5.75 Å². The SMILES string of the molecule is CCCCCN1C(=O)/C(=N\N[C]=O)c2ccc(OC)cc21. The first-order chi connectivity index (χ1) is 10.2. The number of rotatable bonds is 7. The minimum absolute atomic E-state index is 0.211. The Hall–Kier alpha value is -2.37. The van der Waals surface area contributed by atoms with E-state index < -0.39 is 0 Å². The minimum atomic E-state index is -0.211. The fraction of sp³-hybridized carbons (Fsp3) is 0.400. The highest BCUT2D eigenvalue weighted by atomic mass is 16.5. The second-order valence-electron chi connectivity index (χ2n) is 4.72. The van der Waals surface area contributed by atoms with Crippen molar-refractivity contribution in [1.82, 2.24) is 5.43 Å². The number of methoxy groups -OCH3 is 1. The van der Waals surface area contributed by atoms with Crippen LogP contribution in [0.3, 0.4) is 0 Å². The second-order valence-corrected chi connectivity index (χ2v) is 4.72. The lowest BCUT2D eigenvalue weighted by Gasteiger charge is -2.17. The van der Waals surface area contributed by atoms with E-state index in [1.807, 2.05) is 6.07 Å². The highest BCUT2D eigenvalue weighted by molar-refractivity contribution is 6.54. The Kier molecular flexibility index (Phi) is 4.92. The number of hydrazone groups is 1. The van der Waals surface area contributed by atoms with Crippen molar-refractivity contribution in [1.29, 1.82) is 0 Å². The third-order valence-electron chi connectivity index (χ3n) is 3.40. The highest BCUT2D eigenvalue weighted by Crippen LogP contribution is 2.33. The predicted molar refractivity (Wildman–Crippen MR) is 80.2 cm³/mol. The summed E-state index contributed by atoms with van der Waals surface area (Å²) in [5.41, 5.74) is 3.77. The Morgan fingerprint density at radius 1 is 1.38 bits per heavy atom. The van der Waals surface area contributed by atoms with Crippen LogP contribution < -0.4 is 15.1 Å². The van der Waals surface area contributed by atoms with Gasteiger partial charge < -0.3 is 9.64 Å². The topological polar surface area (TPSA) is 71.0 Å². The van der Waals surface area contributed by atoms with Gasteiger partial charge in [-0.3, -0.25) is 9.59 Å². The molecule has 1 aromatic rings. The van der Waals surface area contributed by atoms with Gasteiger partial charge in [0.25, 0.3) is 5.91 Å². The number of unbranched alkanes of at least 4 members (excludes halogenated alkanes) is 2. The number of anilines is 1. The fourth-order valence-electron chi connectivity index (χ4n) is 2.34. The summed E-state index contributed by atoms with van der Waals surface area (Å²) in [5, 5.41) is 3.81. The quantitative estimate of drug-likeness (QED) is 0.470. The molecule has 0 aliphatic carbocycles. The first-order valence-electron chi connectivity index (χ1n) is 6.93. The van der Waals surface area contributed by atoms with Crippen molar-refractivity contribution in [2.75, 3.05) is 18.6 Å². The molecule has 1 aliphatic heterocycles. The van der Waals surface area contributed by atoms with Crippen LogP contribution in [0.1, 0.15) is 31.7 Å². The van der Waals surface area contributed by atoms with E-state index in [0.717, 1.165) is 24.9 Å². The van der Waals surface area contributed by atoms with Crippen LogP contribution in [-0.2, 0) is 9.59 Å². The van der Waals surface area contributed by atoms with Crippen LogP contribution in [0, 0.1) is 0 Å². The van der Waals surface area contributed by atoms with Gasteiger partial charge in [-0.1, -0.05) is 19.8 Å². The lowest BCUT2D eigenvalue weighted by Crippen LogP contribution is -2.31. The van der Waals surface area contributed by atoms with E-state index >= 15 is 0 Å². The summed E-state index contributed by atoms with van der Waals surface area (Å²) in [4.78, 5) is 24.4. The number of benzene rings is 1. The van der Waals surface area contributed by atoms with Gasteiger partial charge in [0.15, 0.2) is 5.71 Å². The molecule has 1 heterocycles. The van der Waals surface area contributed by atoms with Crippen molar-refractivity contribution >= 4 is 23.7 Å². The molecule has 0 saturated heterocycles. The van der Waals surface area contributed by atoms with Gasteiger partial charge in [0.2, 0.25) is 0 Å². The molecule has 1 aromatic carbocycles. The Balaban J connectivity index is 2.35. The molecule has 2 amide bonds. The molecule has 111 valence electrons. The van der Waals surface area contributed by atoms with E-state index in [9.17, 15) is 9.59 Å². The standard InChI is InChI=1S/C15H18N3O3/c1-3-4-5-8-18-13-9-11(21-2)6-7-12(13)14(15(18)20)17-16-10-19/h6-7,9H,3-5,8H2,1-2H3,(H,16,19)/b17-14-. The van der Waals surface area contributed by atoms with Gasteiger partial charge in [-0.2, -0.15) is 5.10 Å². The average molecular weight is 288 g/mol. The Morgan fingerprint density at radius 3 is 2.86 bits per heavy atom. The Morgan fingerprint density at radius 2 is 2.19 bits per heavy atom. The molecule has 0 aromatic heterocycles. The molecule has 1 N–H and O–H groups in total. The molecule has 0 saturated carbocycles. The molecule has 0 spiro atoms. The number of hydrogen-bond acceptors (Lipinski definition) is 4. The predicted octanol–water partition coefficient (Wildman–Crippen LogP) is 1.59. The maximum atomic E-state index is 12.4. The summed E-state index contributed by atoms with van der Waals surface area (Å²) in [6.45, 7) is 2.73. The van der Waals surface area contributed by atoms with Gasteiger partial charge in [0.05, 0.1) is 12.8 Å². The summed E-state index contributed by atoms with van der Waals surface area (Å²) in [6, 6.07) is 5.35. The number of fused-ring (bicyclic) bond motifs is 1. The number of nitrogens with one attached hydrogen (secondary N) is 1. The number of hydrogen-bond donors (Lipinski definition) is 1. The monoisotopic (exact) mass is 288 g/mol. The molecule has 1 aliphatic rings. The fourth-order valence-corrected chi connectivity index (χ4v) is 2.34. The van der Waals surface area contributed by atoms with E-state index in [-0.39, 0.29) is 11.6 Å². The van der Waals surface area contributed by atoms with Crippen LogP contribution in [-0.4, -0.2) is 31.7 Å². The number of amides is 2. The summed E-state index contributed by atoms with van der Waals surface area (Å²) in [7, 11) is 1.58. The maximum Gasteiger partial charge on any atom is 0.331 e. The summed E-state index contributed by atoms with van der Waals surface area (Å²) in [6.07, 6.45) is 4.50. The summed E-state index contributed by atoms with van der Waals surface area (Å²) < 4.78 is 5.21. The van der Waals surface area contributed by atoms with Gasteiger partial charge >= 0.3 is 6.41 Å². The van der Waals surface area contributed by atoms with Gasteiger partial charge in [-0.05, 0) is 18.6 Å². The molecular weight excluding hydrogens is 270 g/mol. The van der Waals surface area contributed by atoms with Crippen LogP contribution in [0.15, 0.2) is 23.3 Å². The normalized spacial score (nSPS) is 15.2. The van der Waals surface area contributed by atoms with Crippen LogP contribution >= 0.6 is 0 Å². The Labute approximate surface area is 123 Å². The van der Waals surface area contributed by atoms with Crippen molar-refractivity contribution < 1.29 is 14.3 Å². The molecule has 1 radical (unpaired) electrons. The van der Waals surface area contributed by atoms with E-state index in [1.165, 1.54) is 6.41 Å². The minimum Gasteiger partial charge on any atom is -0.497 e. The number of ether oxygens (including phenoxy) is 1. The third-order valence-corrected chi connectivity index (χ3v) is 3.40. The van der Waals surface area contributed by atoms with Gasteiger partial charge in [-0.15, -0.1) is 0 Å². The summed E-state index contributed by atoms with van der Waals surface area (Å²) >= 11 is 0. The van der Waals surface area contributed by atoms with E-state index in [2.05, 4.69) is 17.5 Å². The highest BCUT2D eigenvalue weighted by Gasteiger charge is 2.34. The van der Waals surface area contributed by atoms with Crippen LogP contribution in [0.5, 0.6) is 5.75 Å². The van der Waals surface area contributed by atoms with E-state index in [0.29, 0.717) is 17.9 Å². The van der Waals surface area contributed by atoms with Gasteiger partial charge in [0, 0.05) is 18.2 Å². The smallest absolute Gasteiger partial charge is 0.331 e. The summed E-state index contributed by atoms with van der Waals surface area (Å²) in [5.74, 6) is 0.468. The molecule has 6 nitrogen and oxygen atoms in total. The Bertz CT molecular complexity index is 569. The molecule has 0 atom stereocenters. The number of carbonyl (C=O) groups is 1. The van der Waals surface area contributed by atoms with Crippen LogP contribution in [0.25, 0.3) is 0 Å². The molecular formula is C15H18N3O3.